The number of rotatable bonds is 8. The number of methoxy groups -OCH3 is 1. The van der Waals surface area contributed by atoms with Gasteiger partial charge in [0.25, 0.3) is 0 Å². The van der Waals surface area contributed by atoms with Crippen LogP contribution < -0.4 is 9.47 Å². The van der Waals surface area contributed by atoms with Crippen molar-refractivity contribution in [3.63, 3.8) is 0 Å². The summed E-state index contributed by atoms with van der Waals surface area (Å²) in [6.07, 6.45) is 6.67. The molecule has 0 heterocycles. The lowest BCUT2D eigenvalue weighted by Gasteiger charge is -2.11. The van der Waals surface area contributed by atoms with Crippen LogP contribution in [-0.4, -0.2) is 19.7 Å². The van der Waals surface area contributed by atoms with E-state index in [2.05, 4.69) is 0 Å². The number of carbonyl (C=O) groups excluding carboxylic acids is 1. The Morgan fingerprint density at radius 3 is 2.56 bits per heavy atom. The molecule has 2 rings (SSSR count). The number of carbonyl (C=O) groups is 1. The van der Waals surface area contributed by atoms with E-state index in [4.69, 9.17) is 14.2 Å². The van der Waals surface area contributed by atoms with E-state index in [1.807, 2.05) is 54.6 Å². The number of benzene rings is 2. The standard InChI is InChI=1S/C21H22O4/c1-3-24-21(22)12-8-7-9-17-13-14-19(20(15-17)23-2)25-16-18-10-5-4-6-11-18/h4-15H,3,16H2,1-2H3/b9-7+,12-8+. The van der Waals surface area contributed by atoms with Crippen LogP contribution in [0.5, 0.6) is 11.5 Å². The highest BCUT2D eigenvalue weighted by molar-refractivity contribution is 5.82. The molecule has 4 nitrogen and oxygen atoms in total. The summed E-state index contributed by atoms with van der Waals surface area (Å²) in [6.45, 7) is 2.62. The maximum atomic E-state index is 11.2. The van der Waals surface area contributed by atoms with Crippen LogP contribution in [0.25, 0.3) is 6.08 Å². The van der Waals surface area contributed by atoms with Gasteiger partial charge < -0.3 is 14.2 Å². The molecular formula is C21H22O4. The van der Waals surface area contributed by atoms with Crippen LogP contribution >= 0.6 is 0 Å². The van der Waals surface area contributed by atoms with Crippen LogP contribution in [0.1, 0.15) is 18.1 Å². The summed E-state index contributed by atoms with van der Waals surface area (Å²) >= 11 is 0. The molecular weight excluding hydrogens is 316 g/mol. The highest BCUT2D eigenvalue weighted by Crippen LogP contribution is 2.29. The van der Waals surface area contributed by atoms with E-state index in [1.54, 1.807) is 26.2 Å². The molecule has 0 aliphatic carbocycles. The van der Waals surface area contributed by atoms with Crippen molar-refractivity contribution < 1.29 is 19.0 Å². The third-order valence-electron chi connectivity index (χ3n) is 3.34. The molecule has 0 amide bonds. The van der Waals surface area contributed by atoms with Gasteiger partial charge in [-0.2, -0.15) is 0 Å². The molecule has 130 valence electrons. The molecule has 0 aromatic heterocycles. The van der Waals surface area contributed by atoms with Crippen LogP contribution in [0.2, 0.25) is 0 Å². The second-order valence-electron chi connectivity index (χ2n) is 5.15. The summed E-state index contributed by atoms with van der Waals surface area (Å²) in [6, 6.07) is 15.6. The van der Waals surface area contributed by atoms with Crippen molar-refractivity contribution in [1.82, 2.24) is 0 Å². The van der Waals surface area contributed by atoms with Crippen molar-refractivity contribution in [3.8, 4) is 11.5 Å². The van der Waals surface area contributed by atoms with Crippen LogP contribution in [0.3, 0.4) is 0 Å². The van der Waals surface area contributed by atoms with Gasteiger partial charge in [0.1, 0.15) is 6.61 Å². The fourth-order valence-corrected chi connectivity index (χ4v) is 2.13. The Morgan fingerprint density at radius 2 is 1.84 bits per heavy atom. The number of esters is 1. The zero-order chi connectivity index (χ0) is 17.9. The minimum atomic E-state index is -0.352. The van der Waals surface area contributed by atoms with E-state index in [0.717, 1.165) is 11.1 Å². The molecule has 0 saturated heterocycles. The topological polar surface area (TPSA) is 44.8 Å². The summed E-state index contributed by atoms with van der Waals surface area (Å²) in [5, 5.41) is 0. The largest absolute Gasteiger partial charge is 0.493 e. The Kier molecular flexibility index (Phi) is 7.32. The number of hydrogen-bond donors (Lipinski definition) is 0. The predicted octanol–water partition coefficient (Wildman–Crippen LogP) is 4.41. The lowest BCUT2D eigenvalue weighted by molar-refractivity contribution is -0.137. The second-order valence-corrected chi connectivity index (χ2v) is 5.15. The molecule has 0 spiro atoms. The molecule has 4 heteroatoms. The number of allylic oxidation sites excluding steroid dienone is 2. The van der Waals surface area contributed by atoms with Crippen LogP contribution in [0, 0.1) is 0 Å². The molecule has 25 heavy (non-hydrogen) atoms. The minimum absolute atomic E-state index is 0.352. The van der Waals surface area contributed by atoms with Crippen molar-refractivity contribution in [2.75, 3.05) is 13.7 Å². The lowest BCUT2D eigenvalue weighted by atomic mass is 10.2. The summed E-state index contributed by atoms with van der Waals surface area (Å²) in [4.78, 5) is 11.2. The van der Waals surface area contributed by atoms with Crippen LogP contribution in [0.4, 0.5) is 0 Å². The summed E-state index contributed by atoms with van der Waals surface area (Å²) in [5.41, 5.74) is 2.04. The molecule has 0 aliphatic rings. The van der Waals surface area contributed by atoms with Crippen LogP contribution in [0.15, 0.2) is 66.8 Å². The van der Waals surface area contributed by atoms with Crippen molar-refractivity contribution in [1.29, 1.82) is 0 Å². The van der Waals surface area contributed by atoms with Gasteiger partial charge in [0.15, 0.2) is 11.5 Å². The van der Waals surface area contributed by atoms with Gasteiger partial charge in [-0.05, 0) is 30.2 Å². The Bertz CT molecular complexity index is 733. The SMILES string of the molecule is CCOC(=O)/C=C/C=C/c1ccc(OCc2ccccc2)c(OC)c1. The maximum Gasteiger partial charge on any atom is 0.330 e. The number of ether oxygens (including phenoxy) is 3. The van der Waals surface area contributed by atoms with E-state index in [9.17, 15) is 4.79 Å². The first-order chi connectivity index (χ1) is 12.2. The molecule has 0 saturated carbocycles. The van der Waals surface area contributed by atoms with Crippen molar-refractivity contribution in [2.45, 2.75) is 13.5 Å². The van der Waals surface area contributed by atoms with Gasteiger partial charge >= 0.3 is 5.97 Å². The fourth-order valence-electron chi connectivity index (χ4n) is 2.13. The average molecular weight is 338 g/mol. The lowest BCUT2D eigenvalue weighted by Crippen LogP contribution is -1.98. The maximum absolute atomic E-state index is 11.2. The Balaban J connectivity index is 1.99. The third-order valence-corrected chi connectivity index (χ3v) is 3.34. The third kappa shape index (κ3) is 6.18. The van der Waals surface area contributed by atoms with E-state index in [0.29, 0.717) is 24.7 Å². The zero-order valence-corrected chi connectivity index (χ0v) is 14.5. The Labute approximate surface area is 148 Å². The molecule has 0 radical (unpaired) electrons. The summed E-state index contributed by atoms with van der Waals surface area (Å²) in [5.74, 6) is 0.993. The smallest absolute Gasteiger partial charge is 0.330 e. The average Bonchev–Trinajstić information content (AvgIpc) is 2.65. The van der Waals surface area contributed by atoms with Gasteiger partial charge in [-0.3, -0.25) is 0 Å². The normalized spacial score (nSPS) is 11.0. The van der Waals surface area contributed by atoms with E-state index >= 15 is 0 Å². The highest BCUT2D eigenvalue weighted by Gasteiger charge is 2.05. The Morgan fingerprint density at radius 1 is 1.04 bits per heavy atom. The first-order valence-electron chi connectivity index (χ1n) is 8.09. The fraction of sp³-hybridized carbons (Fsp3) is 0.190. The Hall–Kier alpha value is -3.01. The van der Waals surface area contributed by atoms with Crippen LogP contribution in [-0.2, 0) is 16.1 Å². The first kappa shape index (κ1) is 18.3. The van der Waals surface area contributed by atoms with E-state index in [1.165, 1.54) is 6.08 Å². The quantitative estimate of drug-likeness (QED) is 0.406. The number of hydrogen-bond acceptors (Lipinski definition) is 4. The predicted molar refractivity (Wildman–Crippen MR) is 98.6 cm³/mol. The van der Waals surface area contributed by atoms with E-state index in [-0.39, 0.29) is 5.97 Å². The van der Waals surface area contributed by atoms with E-state index < -0.39 is 0 Å². The van der Waals surface area contributed by atoms with Gasteiger partial charge in [0.2, 0.25) is 0 Å². The zero-order valence-electron chi connectivity index (χ0n) is 14.5. The molecule has 0 atom stereocenters. The second kappa shape index (κ2) is 9.98. The van der Waals surface area contributed by atoms with Gasteiger partial charge in [0, 0.05) is 6.08 Å². The van der Waals surface area contributed by atoms with Crippen molar-refractivity contribution in [2.24, 2.45) is 0 Å². The first-order valence-corrected chi connectivity index (χ1v) is 8.09. The molecule has 0 N–H and O–H groups in total. The molecule has 0 fully saturated rings. The molecule has 2 aromatic rings. The summed E-state index contributed by atoms with van der Waals surface area (Å²) < 4.78 is 16.0. The van der Waals surface area contributed by atoms with Gasteiger partial charge in [-0.25, -0.2) is 4.79 Å². The van der Waals surface area contributed by atoms with Crippen molar-refractivity contribution >= 4 is 12.0 Å². The van der Waals surface area contributed by atoms with Gasteiger partial charge in [-0.15, -0.1) is 0 Å². The molecule has 0 unspecified atom stereocenters. The molecule has 0 bridgehead atoms. The monoisotopic (exact) mass is 338 g/mol. The molecule has 0 aliphatic heterocycles. The van der Waals surface area contributed by atoms with Gasteiger partial charge in [0.05, 0.1) is 13.7 Å². The highest BCUT2D eigenvalue weighted by atomic mass is 16.5. The van der Waals surface area contributed by atoms with Gasteiger partial charge in [-0.1, -0.05) is 54.6 Å². The van der Waals surface area contributed by atoms with Crippen molar-refractivity contribution in [3.05, 3.63) is 77.9 Å². The molecule has 2 aromatic carbocycles. The summed E-state index contributed by atoms with van der Waals surface area (Å²) in [7, 11) is 1.61. The minimum Gasteiger partial charge on any atom is -0.493 e.